The Bertz CT molecular complexity index is 742. The number of nitrogens with two attached hydrogens (primary N) is 1. The van der Waals surface area contributed by atoms with E-state index in [9.17, 15) is 9.59 Å². The van der Waals surface area contributed by atoms with Gasteiger partial charge in [0.1, 0.15) is 0 Å². The number of halogens is 1. The average molecular weight is 330 g/mol. The summed E-state index contributed by atoms with van der Waals surface area (Å²) in [6.45, 7) is 1.32. The number of imide groups is 1. The summed E-state index contributed by atoms with van der Waals surface area (Å²) in [6, 6.07) is 13.1. The Hall–Kier alpha value is -2.79. The molecule has 0 atom stereocenters. The highest BCUT2D eigenvalue weighted by molar-refractivity contribution is 6.30. The highest BCUT2D eigenvalue weighted by Crippen LogP contribution is 2.17. The fraction of sp³-hybridized carbons (Fsp3) is 0.0588. The fourth-order valence-electron chi connectivity index (χ4n) is 1.95. The summed E-state index contributed by atoms with van der Waals surface area (Å²) in [4.78, 5) is 25.0. The molecule has 0 bridgehead atoms. The Balaban J connectivity index is 2.10. The van der Waals surface area contributed by atoms with Crippen molar-refractivity contribution >= 4 is 41.0 Å². The minimum Gasteiger partial charge on any atom is -0.399 e. The van der Waals surface area contributed by atoms with Crippen molar-refractivity contribution in [3.63, 3.8) is 0 Å². The van der Waals surface area contributed by atoms with Gasteiger partial charge in [-0.25, -0.2) is 9.69 Å². The number of hydrogen-bond donors (Lipinski definition) is 2. The Morgan fingerprint density at radius 2 is 1.87 bits per heavy atom. The van der Waals surface area contributed by atoms with Crippen molar-refractivity contribution in [2.45, 2.75) is 6.92 Å². The topological polar surface area (TPSA) is 75.4 Å². The zero-order chi connectivity index (χ0) is 16.8. The van der Waals surface area contributed by atoms with Crippen LogP contribution in [0.3, 0.4) is 0 Å². The number of benzene rings is 2. The van der Waals surface area contributed by atoms with Crippen LogP contribution in [0.2, 0.25) is 5.02 Å². The lowest BCUT2D eigenvalue weighted by Crippen LogP contribution is -2.40. The third-order valence-corrected chi connectivity index (χ3v) is 3.24. The maximum atomic E-state index is 12.2. The van der Waals surface area contributed by atoms with E-state index >= 15 is 0 Å². The van der Waals surface area contributed by atoms with Gasteiger partial charge in [0, 0.05) is 23.8 Å². The molecule has 0 saturated carbocycles. The summed E-state index contributed by atoms with van der Waals surface area (Å²) in [6.07, 6.45) is 3.15. The van der Waals surface area contributed by atoms with Gasteiger partial charge in [0.2, 0.25) is 5.91 Å². The summed E-state index contributed by atoms with van der Waals surface area (Å²) in [5, 5.41) is 3.16. The normalized spacial score (nSPS) is 10.5. The molecular weight excluding hydrogens is 314 g/mol. The number of anilines is 2. The predicted molar refractivity (Wildman–Crippen MR) is 93.0 cm³/mol. The SMILES string of the molecule is CC(=O)N(C(=O)N/C=C/c1cccc(Cl)c1)c1ccc(N)cc1. The molecule has 0 spiro atoms. The first-order valence-electron chi connectivity index (χ1n) is 6.86. The van der Waals surface area contributed by atoms with E-state index in [0.29, 0.717) is 16.4 Å². The summed E-state index contributed by atoms with van der Waals surface area (Å²) in [5.74, 6) is -0.400. The molecule has 23 heavy (non-hydrogen) atoms. The predicted octanol–water partition coefficient (Wildman–Crippen LogP) is 3.66. The molecule has 2 rings (SSSR count). The van der Waals surface area contributed by atoms with Gasteiger partial charge >= 0.3 is 6.03 Å². The Kier molecular flexibility index (Phi) is 5.38. The smallest absolute Gasteiger partial charge is 0.332 e. The van der Waals surface area contributed by atoms with E-state index in [4.69, 9.17) is 17.3 Å². The van der Waals surface area contributed by atoms with Gasteiger partial charge in [0.25, 0.3) is 0 Å². The zero-order valence-electron chi connectivity index (χ0n) is 12.5. The van der Waals surface area contributed by atoms with Gasteiger partial charge in [0.15, 0.2) is 0 Å². The number of amides is 3. The number of nitrogens with zero attached hydrogens (tertiary/aromatic N) is 1. The molecule has 3 N–H and O–H groups in total. The second-order valence-electron chi connectivity index (χ2n) is 4.78. The second-order valence-corrected chi connectivity index (χ2v) is 5.22. The van der Waals surface area contributed by atoms with Gasteiger partial charge in [-0.1, -0.05) is 23.7 Å². The largest absolute Gasteiger partial charge is 0.399 e. The van der Waals surface area contributed by atoms with Gasteiger partial charge in [-0.2, -0.15) is 0 Å². The van der Waals surface area contributed by atoms with Crippen molar-refractivity contribution in [1.82, 2.24) is 5.32 Å². The van der Waals surface area contributed by atoms with E-state index in [1.54, 1.807) is 48.5 Å². The molecular formula is C17H16ClN3O2. The molecule has 0 aliphatic carbocycles. The Morgan fingerprint density at radius 1 is 1.17 bits per heavy atom. The maximum absolute atomic E-state index is 12.2. The first-order valence-corrected chi connectivity index (χ1v) is 7.24. The third kappa shape index (κ3) is 4.59. The number of nitrogen functional groups attached to an aromatic ring is 1. The Labute approximate surface area is 139 Å². The average Bonchev–Trinajstić information content (AvgIpc) is 2.49. The van der Waals surface area contributed by atoms with Crippen LogP contribution in [0.15, 0.2) is 54.7 Å². The minimum absolute atomic E-state index is 0.400. The van der Waals surface area contributed by atoms with Crippen molar-refractivity contribution in [3.8, 4) is 0 Å². The number of carbonyl (C=O) groups is 2. The quantitative estimate of drug-likeness (QED) is 0.844. The number of hydrogen-bond acceptors (Lipinski definition) is 3. The lowest BCUT2D eigenvalue weighted by molar-refractivity contribution is -0.115. The third-order valence-electron chi connectivity index (χ3n) is 3.00. The summed E-state index contributed by atoms with van der Waals surface area (Å²) < 4.78 is 0. The Morgan fingerprint density at radius 3 is 2.48 bits per heavy atom. The summed E-state index contributed by atoms with van der Waals surface area (Å²) in [7, 11) is 0. The molecule has 6 heteroatoms. The molecule has 0 aliphatic heterocycles. The van der Waals surface area contributed by atoms with Crippen LogP contribution in [0, 0.1) is 0 Å². The molecule has 3 amide bonds. The molecule has 118 valence electrons. The molecule has 0 aliphatic rings. The molecule has 0 unspecified atom stereocenters. The molecule has 0 radical (unpaired) electrons. The van der Waals surface area contributed by atoms with E-state index in [1.165, 1.54) is 13.1 Å². The number of urea groups is 1. The van der Waals surface area contributed by atoms with Gasteiger partial charge < -0.3 is 11.1 Å². The van der Waals surface area contributed by atoms with Crippen molar-refractivity contribution < 1.29 is 9.59 Å². The van der Waals surface area contributed by atoms with Crippen LogP contribution >= 0.6 is 11.6 Å². The van der Waals surface area contributed by atoms with E-state index < -0.39 is 11.9 Å². The van der Waals surface area contributed by atoms with Crippen molar-refractivity contribution in [3.05, 3.63) is 65.3 Å². The summed E-state index contributed by atoms with van der Waals surface area (Å²) >= 11 is 5.89. The lowest BCUT2D eigenvalue weighted by atomic mass is 10.2. The maximum Gasteiger partial charge on any atom is 0.332 e. The fourth-order valence-corrected chi connectivity index (χ4v) is 2.15. The van der Waals surface area contributed by atoms with Crippen molar-refractivity contribution in [2.75, 3.05) is 10.6 Å². The highest BCUT2D eigenvalue weighted by atomic mass is 35.5. The number of nitrogens with one attached hydrogen (secondary N) is 1. The van der Waals surface area contributed by atoms with Crippen LogP contribution in [0.4, 0.5) is 16.2 Å². The van der Waals surface area contributed by atoms with Crippen LogP contribution < -0.4 is 16.0 Å². The highest BCUT2D eigenvalue weighted by Gasteiger charge is 2.18. The zero-order valence-corrected chi connectivity index (χ0v) is 13.2. The lowest BCUT2D eigenvalue weighted by Gasteiger charge is -2.18. The number of carbonyl (C=O) groups excluding carboxylic acids is 2. The molecule has 5 nitrogen and oxygen atoms in total. The molecule has 0 fully saturated rings. The molecule has 0 saturated heterocycles. The number of rotatable bonds is 3. The van der Waals surface area contributed by atoms with Crippen molar-refractivity contribution in [1.29, 1.82) is 0 Å². The molecule has 0 aromatic heterocycles. The van der Waals surface area contributed by atoms with Gasteiger partial charge in [0.05, 0.1) is 5.69 Å². The van der Waals surface area contributed by atoms with Gasteiger partial charge in [-0.15, -0.1) is 0 Å². The molecule has 2 aromatic rings. The van der Waals surface area contributed by atoms with E-state index in [0.717, 1.165) is 10.5 Å². The van der Waals surface area contributed by atoms with Gasteiger partial charge in [-0.05, 0) is 48.0 Å². The van der Waals surface area contributed by atoms with Crippen LogP contribution in [-0.4, -0.2) is 11.9 Å². The van der Waals surface area contributed by atoms with Crippen LogP contribution in [0.5, 0.6) is 0 Å². The molecule has 2 aromatic carbocycles. The van der Waals surface area contributed by atoms with Gasteiger partial charge in [-0.3, -0.25) is 4.79 Å². The standard InChI is InChI=1S/C17H16ClN3O2/c1-12(22)21(16-7-5-15(19)6-8-16)17(23)20-10-9-13-3-2-4-14(18)11-13/h2-11H,19H2,1H3,(H,20,23)/b10-9+. The first-order chi connectivity index (χ1) is 11.0. The monoisotopic (exact) mass is 329 g/mol. The first kappa shape index (κ1) is 16.6. The van der Waals surface area contributed by atoms with Crippen LogP contribution in [-0.2, 0) is 4.79 Å². The van der Waals surface area contributed by atoms with E-state index in [1.807, 2.05) is 6.07 Å². The van der Waals surface area contributed by atoms with Crippen LogP contribution in [0.25, 0.3) is 6.08 Å². The minimum atomic E-state index is -0.555. The second kappa shape index (κ2) is 7.47. The van der Waals surface area contributed by atoms with E-state index in [2.05, 4.69) is 5.32 Å². The molecule has 0 heterocycles. The van der Waals surface area contributed by atoms with Crippen molar-refractivity contribution in [2.24, 2.45) is 0 Å². The summed E-state index contributed by atoms with van der Waals surface area (Å²) in [5.41, 5.74) is 7.44. The van der Waals surface area contributed by atoms with Crippen LogP contribution in [0.1, 0.15) is 12.5 Å². The van der Waals surface area contributed by atoms with E-state index in [-0.39, 0.29) is 0 Å².